The minimum Gasteiger partial charge on any atom is -0.478 e. The van der Waals surface area contributed by atoms with Crippen molar-refractivity contribution in [1.29, 1.82) is 0 Å². The molecular weight excluding hydrogens is 337 g/mol. The molecular formula is C13H15Cl2NO4S. The van der Waals surface area contributed by atoms with Gasteiger partial charge in [0, 0.05) is 12.1 Å². The highest BCUT2D eigenvalue weighted by molar-refractivity contribution is 7.89. The number of benzene rings is 1. The standard InChI is InChI=1S/C13H15Cl2NO4S/c1-13(2)6-3-7-16(13)21(19,20)9-5-4-8(14)10(11(9)15)12(17)18/h4-5H,3,6-7H2,1-2H3,(H,17,18). The lowest BCUT2D eigenvalue weighted by Crippen LogP contribution is -2.42. The average molecular weight is 352 g/mol. The van der Waals surface area contributed by atoms with Gasteiger partial charge in [0.25, 0.3) is 0 Å². The third-order valence-electron chi connectivity index (χ3n) is 3.66. The smallest absolute Gasteiger partial charge is 0.338 e. The number of carbonyl (C=O) groups is 1. The molecule has 1 heterocycles. The van der Waals surface area contributed by atoms with Gasteiger partial charge in [-0.2, -0.15) is 4.31 Å². The highest BCUT2D eigenvalue weighted by atomic mass is 35.5. The van der Waals surface area contributed by atoms with Gasteiger partial charge in [-0.1, -0.05) is 23.2 Å². The summed E-state index contributed by atoms with van der Waals surface area (Å²) in [5.41, 5.74) is -0.915. The molecule has 0 saturated carbocycles. The molecule has 1 aliphatic heterocycles. The first kappa shape index (κ1) is 16.5. The number of hydrogen-bond acceptors (Lipinski definition) is 3. The highest BCUT2D eigenvalue weighted by Crippen LogP contribution is 2.38. The van der Waals surface area contributed by atoms with Crippen LogP contribution in [0, 0.1) is 0 Å². The maximum absolute atomic E-state index is 12.8. The Morgan fingerprint density at radius 1 is 1.33 bits per heavy atom. The van der Waals surface area contributed by atoms with Crippen LogP contribution < -0.4 is 0 Å². The average Bonchev–Trinajstić information content (AvgIpc) is 2.68. The van der Waals surface area contributed by atoms with Crippen LogP contribution in [0.3, 0.4) is 0 Å². The predicted molar refractivity (Wildman–Crippen MR) is 80.6 cm³/mol. The summed E-state index contributed by atoms with van der Waals surface area (Å²) in [5, 5.41) is 8.69. The summed E-state index contributed by atoms with van der Waals surface area (Å²) in [4.78, 5) is 11.0. The molecule has 21 heavy (non-hydrogen) atoms. The second kappa shape index (κ2) is 5.43. The molecule has 0 amide bonds. The van der Waals surface area contributed by atoms with Gasteiger partial charge in [0.05, 0.1) is 15.6 Å². The zero-order valence-electron chi connectivity index (χ0n) is 11.6. The van der Waals surface area contributed by atoms with Gasteiger partial charge >= 0.3 is 5.97 Å². The number of rotatable bonds is 3. The second-order valence-electron chi connectivity index (χ2n) is 5.53. The predicted octanol–water partition coefficient (Wildman–Crippen LogP) is 3.25. The van der Waals surface area contributed by atoms with Gasteiger partial charge < -0.3 is 5.11 Å². The molecule has 2 rings (SSSR count). The first-order chi connectivity index (χ1) is 9.59. The minimum absolute atomic E-state index is 0.0906. The molecule has 1 saturated heterocycles. The lowest BCUT2D eigenvalue weighted by molar-refractivity contribution is 0.0697. The molecule has 116 valence electrons. The highest BCUT2D eigenvalue weighted by Gasteiger charge is 2.42. The second-order valence-corrected chi connectivity index (χ2v) is 8.15. The van der Waals surface area contributed by atoms with E-state index in [4.69, 9.17) is 28.3 Å². The van der Waals surface area contributed by atoms with Gasteiger partial charge in [-0.05, 0) is 38.8 Å². The molecule has 1 aromatic carbocycles. The van der Waals surface area contributed by atoms with Crippen molar-refractivity contribution in [2.24, 2.45) is 0 Å². The molecule has 5 nitrogen and oxygen atoms in total. The number of nitrogens with zero attached hydrogens (tertiary/aromatic N) is 1. The van der Waals surface area contributed by atoms with Crippen LogP contribution in [0.1, 0.15) is 37.0 Å². The van der Waals surface area contributed by atoms with E-state index >= 15 is 0 Å². The normalized spacial score (nSPS) is 18.9. The van der Waals surface area contributed by atoms with Crippen LogP contribution in [-0.4, -0.2) is 35.9 Å². The molecule has 1 aliphatic rings. The van der Waals surface area contributed by atoms with Crippen LogP contribution >= 0.6 is 23.2 Å². The molecule has 1 N–H and O–H groups in total. The van der Waals surface area contributed by atoms with Gasteiger partial charge in [0.1, 0.15) is 4.90 Å². The lowest BCUT2D eigenvalue weighted by Gasteiger charge is -2.31. The summed E-state index contributed by atoms with van der Waals surface area (Å²) in [7, 11) is -3.87. The van der Waals surface area contributed by atoms with Crippen molar-refractivity contribution in [3.63, 3.8) is 0 Å². The van der Waals surface area contributed by atoms with Gasteiger partial charge in [-0.3, -0.25) is 0 Å². The largest absolute Gasteiger partial charge is 0.478 e. The van der Waals surface area contributed by atoms with Crippen molar-refractivity contribution in [3.05, 3.63) is 27.7 Å². The Labute approximate surface area is 133 Å². The zero-order valence-corrected chi connectivity index (χ0v) is 13.9. The topological polar surface area (TPSA) is 74.7 Å². The fourth-order valence-electron chi connectivity index (χ4n) is 2.58. The number of hydrogen-bond donors (Lipinski definition) is 1. The molecule has 0 unspecified atom stereocenters. The number of halogens is 2. The van der Waals surface area contributed by atoms with Crippen LogP contribution in [0.25, 0.3) is 0 Å². The Bertz CT molecular complexity index is 700. The number of carboxylic acids is 1. The summed E-state index contributed by atoms with van der Waals surface area (Å²) in [6, 6.07) is 2.49. The van der Waals surface area contributed by atoms with Gasteiger partial charge in [0.15, 0.2) is 0 Å². The molecule has 8 heteroatoms. The van der Waals surface area contributed by atoms with Crippen molar-refractivity contribution < 1.29 is 18.3 Å². The summed E-state index contributed by atoms with van der Waals surface area (Å²) in [5.74, 6) is -1.36. The van der Waals surface area contributed by atoms with E-state index in [0.717, 1.165) is 12.8 Å². The van der Waals surface area contributed by atoms with Gasteiger partial charge in [0.2, 0.25) is 10.0 Å². The van der Waals surface area contributed by atoms with Crippen LogP contribution in [0.2, 0.25) is 10.0 Å². The number of carboxylic acid groups (broad SMARTS) is 1. The maximum Gasteiger partial charge on any atom is 0.338 e. The quantitative estimate of drug-likeness (QED) is 0.906. The molecule has 0 atom stereocenters. The zero-order chi connectivity index (χ0) is 16.0. The summed E-state index contributed by atoms with van der Waals surface area (Å²) in [6.07, 6.45) is 1.49. The lowest BCUT2D eigenvalue weighted by atomic mass is 10.0. The van der Waals surface area contributed by atoms with Crippen molar-refractivity contribution in [2.75, 3.05) is 6.54 Å². The molecule has 0 radical (unpaired) electrons. The fourth-order valence-corrected chi connectivity index (χ4v) is 5.32. The fraction of sp³-hybridized carbons (Fsp3) is 0.462. The van der Waals surface area contributed by atoms with Crippen molar-refractivity contribution in [2.45, 2.75) is 37.1 Å². The Kier molecular flexibility index (Phi) is 4.28. The first-order valence-corrected chi connectivity index (χ1v) is 8.53. The third kappa shape index (κ3) is 2.77. The summed E-state index contributed by atoms with van der Waals surface area (Å²) in [6.45, 7) is 4.05. The van der Waals surface area contributed by atoms with Crippen LogP contribution in [0.4, 0.5) is 0 Å². The van der Waals surface area contributed by atoms with E-state index in [1.165, 1.54) is 16.4 Å². The van der Waals surface area contributed by atoms with Crippen LogP contribution in [-0.2, 0) is 10.0 Å². The summed E-state index contributed by atoms with van der Waals surface area (Å²) < 4.78 is 26.9. The monoisotopic (exact) mass is 351 g/mol. The van der Waals surface area contributed by atoms with E-state index in [1.807, 2.05) is 13.8 Å². The van der Waals surface area contributed by atoms with Crippen LogP contribution in [0.15, 0.2) is 17.0 Å². The van der Waals surface area contributed by atoms with E-state index in [2.05, 4.69) is 0 Å². The van der Waals surface area contributed by atoms with Gasteiger partial charge in [-0.15, -0.1) is 0 Å². The van der Waals surface area contributed by atoms with E-state index in [9.17, 15) is 13.2 Å². The van der Waals surface area contributed by atoms with Crippen molar-refractivity contribution in [1.82, 2.24) is 4.31 Å². The number of sulfonamides is 1. The van der Waals surface area contributed by atoms with E-state index in [1.54, 1.807) is 0 Å². The van der Waals surface area contributed by atoms with Crippen LogP contribution in [0.5, 0.6) is 0 Å². The number of aromatic carboxylic acids is 1. The van der Waals surface area contributed by atoms with E-state index < -0.39 is 27.1 Å². The van der Waals surface area contributed by atoms with Gasteiger partial charge in [-0.25, -0.2) is 13.2 Å². The molecule has 1 fully saturated rings. The molecule has 0 aliphatic carbocycles. The summed E-state index contributed by atoms with van der Waals surface area (Å²) >= 11 is 11.8. The Hall–Kier alpha value is -0.820. The SMILES string of the molecule is CC1(C)CCCN1S(=O)(=O)c1ccc(Cl)c(C(=O)O)c1Cl. The molecule has 0 aromatic heterocycles. The van der Waals surface area contributed by atoms with Crippen molar-refractivity contribution >= 4 is 39.2 Å². The molecule has 1 aromatic rings. The van der Waals surface area contributed by atoms with E-state index in [-0.39, 0.29) is 14.9 Å². The van der Waals surface area contributed by atoms with Crippen molar-refractivity contribution in [3.8, 4) is 0 Å². The molecule has 0 spiro atoms. The Morgan fingerprint density at radius 2 is 1.95 bits per heavy atom. The Morgan fingerprint density at radius 3 is 2.43 bits per heavy atom. The van der Waals surface area contributed by atoms with E-state index in [0.29, 0.717) is 6.54 Å². The minimum atomic E-state index is -3.87. The molecule has 0 bridgehead atoms. The third-order valence-corrected chi connectivity index (χ3v) is 6.64. The maximum atomic E-state index is 12.8. The first-order valence-electron chi connectivity index (χ1n) is 6.33. The Balaban J connectivity index is 2.62.